The van der Waals surface area contributed by atoms with Crippen LogP contribution in [0.1, 0.15) is 18.4 Å². The monoisotopic (exact) mass is 430 g/mol. The van der Waals surface area contributed by atoms with Crippen molar-refractivity contribution in [2.75, 3.05) is 73.1 Å². The molecule has 8 nitrogen and oxygen atoms in total. The number of guanidine groups is 1. The SMILES string of the molecule is CN=C(NCC1CCCN1Cc1ccccc1)N1CCN(CC(=O)NCCOC)CC1. The molecule has 2 heterocycles. The van der Waals surface area contributed by atoms with E-state index in [9.17, 15) is 4.79 Å². The number of nitrogens with one attached hydrogen (secondary N) is 2. The number of carbonyl (C=O) groups is 1. The highest BCUT2D eigenvalue weighted by Gasteiger charge is 2.26. The van der Waals surface area contributed by atoms with Crippen molar-refractivity contribution in [3.8, 4) is 0 Å². The summed E-state index contributed by atoms with van der Waals surface area (Å²) < 4.78 is 4.97. The highest BCUT2D eigenvalue weighted by atomic mass is 16.5. The average Bonchev–Trinajstić information content (AvgIpc) is 3.23. The Morgan fingerprint density at radius 3 is 2.61 bits per heavy atom. The summed E-state index contributed by atoms with van der Waals surface area (Å²) in [5.74, 6) is 1.03. The summed E-state index contributed by atoms with van der Waals surface area (Å²) in [6.45, 7) is 8.12. The molecular weight excluding hydrogens is 392 g/mol. The first kappa shape index (κ1) is 23.5. The minimum absolute atomic E-state index is 0.0627. The average molecular weight is 431 g/mol. The number of amides is 1. The van der Waals surface area contributed by atoms with E-state index in [2.05, 4.69) is 60.7 Å². The van der Waals surface area contributed by atoms with Gasteiger partial charge in [0.15, 0.2) is 5.96 Å². The summed E-state index contributed by atoms with van der Waals surface area (Å²) in [6.07, 6.45) is 2.48. The molecule has 2 aliphatic rings. The highest BCUT2D eigenvalue weighted by molar-refractivity contribution is 5.80. The number of hydrogen-bond acceptors (Lipinski definition) is 5. The number of hydrogen-bond donors (Lipinski definition) is 2. The van der Waals surface area contributed by atoms with Crippen LogP contribution in [0.4, 0.5) is 0 Å². The number of nitrogens with zero attached hydrogens (tertiary/aromatic N) is 4. The predicted molar refractivity (Wildman–Crippen MR) is 124 cm³/mol. The van der Waals surface area contributed by atoms with Crippen LogP contribution in [0.2, 0.25) is 0 Å². The largest absolute Gasteiger partial charge is 0.383 e. The molecule has 1 atom stereocenters. The summed E-state index contributed by atoms with van der Waals surface area (Å²) in [5.41, 5.74) is 1.38. The van der Waals surface area contributed by atoms with Crippen molar-refractivity contribution in [3.63, 3.8) is 0 Å². The van der Waals surface area contributed by atoms with Crippen LogP contribution in [0.25, 0.3) is 0 Å². The Balaban J connectivity index is 1.40. The fourth-order valence-corrected chi connectivity index (χ4v) is 4.36. The second-order valence-electron chi connectivity index (χ2n) is 8.29. The molecule has 0 saturated carbocycles. The maximum Gasteiger partial charge on any atom is 0.234 e. The molecule has 0 aromatic heterocycles. The van der Waals surface area contributed by atoms with Crippen molar-refractivity contribution < 1.29 is 9.53 Å². The second-order valence-corrected chi connectivity index (χ2v) is 8.29. The number of piperazine rings is 1. The minimum Gasteiger partial charge on any atom is -0.383 e. The molecule has 31 heavy (non-hydrogen) atoms. The van der Waals surface area contributed by atoms with Gasteiger partial charge in [0.2, 0.25) is 5.91 Å². The van der Waals surface area contributed by atoms with E-state index in [4.69, 9.17) is 4.74 Å². The van der Waals surface area contributed by atoms with Crippen molar-refractivity contribution >= 4 is 11.9 Å². The molecular formula is C23H38N6O2. The Labute approximate surface area is 186 Å². The molecule has 1 unspecified atom stereocenters. The molecule has 3 rings (SSSR count). The van der Waals surface area contributed by atoms with Crippen LogP contribution in [0, 0.1) is 0 Å². The Bertz CT molecular complexity index is 691. The molecule has 0 radical (unpaired) electrons. The molecule has 1 aromatic carbocycles. The normalized spacial score (nSPS) is 20.8. The number of carbonyl (C=O) groups excluding carboxylic acids is 1. The van der Waals surface area contributed by atoms with E-state index >= 15 is 0 Å². The Morgan fingerprint density at radius 2 is 1.90 bits per heavy atom. The molecule has 2 fully saturated rings. The first-order valence-electron chi connectivity index (χ1n) is 11.4. The first-order valence-corrected chi connectivity index (χ1v) is 11.4. The van der Waals surface area contributed by atoms with Gasteiger partial charge in [-0.2, -0.15) is 0 Å². The summed E-state index contributed by atoms with van der Waals surface area (Å²) in [4.78, 5) is 23.6. The lowest BCUT2D eigenvalue weighted by Gasteiger charge is -2.36. The zero-order chi connectivity index (χ0) is 21.9. The van der Waals surface area contributed by atoms with Crippen molar-refractivity contribution in [3.05, 3.63) is 35.9 Å². The Morgan fingerprint density at radius 1 is 1.13 bits per heavy atom. The summed E-state index contributed by atoms with van der Waals surface area (Å²) >= 11 is 0. The van der Waals surface area contributed by atoms with Gasteiger partial charge in [0.05, 0.1) is 13.2 Å². The highest BCUT2D eigenvalue weighted by Crippen LogP contribution is 2.19. The number of benzene rings is 1. The van der Waals surface area contributed by atoms with Crippen LogP contribution in [-0.2, 0) is 16.1 Å². The van der Waals surface area contributed by atoms with E-state index in [1.165, 1.54) is 18.4 Å². The third kappa shape index (κ3) is 7.48. The number of aliphatic imine (C=N–C) groups is 1. The van der Waals surface area contributed by atoms with Gasteiger partial charge in [-0.3, -0.25) is 19.6 Å². The third-order valence-corrected chi connectivity index (χ3v) is 6.10. The molecule has 0 spiro atoms. The van der Waals surface area contributed by atoms with Crippen molar-refractivity contribution in [2.24, 2.45) is 4.99 Å². The lowest BCUT2D eigenvalue weighted by Crippen LogP contribution is -2.55. The Kier molecular flexibility index (Phi) is 9.58. The van der Waals surface area contributed by atoms with Gasteiger partial charge in [0.1, 0.15) is 0 Å². The molecule has 0 bridgehead atoms. The molecule has 8 heteroatoms. The minimum atomic E-state index is 0.0627. The summed E-state index contributed by atoms with van der Waals surface area (Å²) in [6, 6.07) is 11.3. The van der Waals surface area contributed by atoms with Gasteiger partial charge in [-0.1, -0.05) is 30.3 Å². The van der Waals surface area contributed by atoms with Crippen molar-refractivity contribution in [1.82, 2.24) is 25.3 Å². The Hall–Kier alpha value is -2.16. The zero-order valence-corrected chi connectivity index (χ0v) is 19.1. The lowest BCUT2D eigenvalue weighted by atomic mass is 10.2. The van der Waals surface area contributed by atoms with E-state index in [0.29, 0.717) is 25.7 Å². The zero-order valence-electron chi connectivity index (χ0n) is 19.1. The van der Waals surface area contributed by atoms with Gasteiger partial charge in [-0.25, -0.2) is 0 Å². The molecule has 2 aliphatic heterocycles. The topological polar surface area (TPSA) is 72.4 Å². The van der Waals surface area contributed by atoms with Crippen LogP contribution in [0.5, 0.6) is 0 Å². The molecule has 2 saturated heterocycles. The molecule has 172 valence electrons. The van der Waals surface area contributed by atoms with Crippen LogP contribution in [0.15, 0.2) is 35.3 Å². The molecule has 2 N–H and O–H groups in total. The maximum atomic E-state index is 12.0. The fraction of sp³-hybridized carbons (Fsp3) is 0.652. The predicted octanol–water partition coefficient (Wildman–Crippen LogP) is 0.607. The van der Waals surface area contributed by atoms with Gasteiger partial charge in [0.25, 0.3) is 0 Å². The molecule has 1 amide bonds. The van der Waals surface area contributed by atoms with Crippen LogP contribution in [-0.4, -0.2) is 106 Å². The van der Waals surface area contributed by atoms with E-state index in [1.807, 2.05) is 7.05 Å². The number of ether oxygens (including phenoxy) is 1. The standard InChI is InChI=1S/C23H38N6O2/c1-24-23(28-14-12-27(13-15-28)19-22(30)25-10-16-31-2)26-17-21-9-6-11-29(21)18-20-7-4-3-5-8-20/h3-5,7-8,21H,6,9-19H2,1-2H3,(H,24,26)(H,25,30). The van der Waals surface area contributed by atoms with Gasteiger partial charge in [-0.15, -0.1) is 0 Å². The first-order chi connectivity index (χ1) is 15.2. The van der Waals surface area contributed by atoms with Gasteiger partial charge in [0, 0.05) is 66.0 Å². The van der Waals surface area contributed by atoms with Crippen molar-refractivity contribution in [2.45, 2.75) is 25.4 Å². The third-order valence-electron chi connectivity index (χ3n) is 6.10. The summed E-state index contributed by atoms with van der Waals surface area (Å²) in [7, 11) is 3.49. The van der Waals surface area contributed by atoms with Gasteiger partial charge < -0.3 is 20.3 Å². The summed E-state index contributed by atoms with van der Waals surface area (Å²) in [5, 5.41) is 6.50. The van der Waals surface area contributed by atoms with Gasteiger partial charge in [-0.05, 0) is 24.9 Å². The number of rotatable bonds is 9. The smallest absolute Gasteiger partial charge is 0.234 e. The molecule has 0 aliphatic carbocycles. The second kappa shape index (κ2) is 12.6. The van der Waals surface area contributed by atoms with Crippen LogP contribution in [0.3, 0.4) is 0 Å². The van der Waals surface area contributed by atoms with E-state index < -0.39 is 0 Å². The van der Waals surface area contributed by atoms with E-state index in [-0.39, 0.29) is 5.91 Å². The maximum absolute atomic E-state index is 12.0. The van der Waals surface area contributed by atoms with Crippen LogP contribution >= 0.6 is 0 Å². The van der Waals surface area contributed by atoms with Gasteiger partial charge >= 0.3 is 0 Å². The molecule has 1 aromatic rings. The quantitative estimate of drug-likeness (QED) is 0.340. The fourth-order valence-electron chi connectivity index (χ4n) is 4.36. The van der Waals surface area contributed by atoms with E-state index in [0.717, 1.165) is 51.8 Å². The number of methoxy groups -OCH3 is 1. The lowest BCUT2D eigenvalue weighted by molar-refractivity contribution is -0.122. The van der Waals surface area contributed by atoms with Crippen LogP contribution < -0.4 is 10.6 Å². The van der Waals surface area contributed by atoms with E-state index in [1.54, 1.807) is 7.11 Å². The number of likely N-dealkylation sites (tertiary alicyclic amines) is 1. The van der Waals surface area contributed by atoms with Crippen molar-refractivity contribution in [1.29, 1.82) is 0 Å².